The highest BCUT2D eigenvalue weighted by Crippen LogP contribution is 2.42. The van der Waals surface area contributed by atoms with Crippen LogP contribution in [0.3, 0.4) is 0 Å². The van der Waals surface area contributed by atoms with Crippen LogP contribution in [-0.4, -0.2) is 56.2 Å². The van der Waals surface area contributed by atoms with E-state index >= 15 is 0 Å². The van der Waals surface area contributed by atoms with Crippen LogP contribution < -0.4 is 36.1 Å². The number of carbonyl (C=O) groups is 2. The van der Waals surface area contributed by atoms with E-state index in [9.17, 15) is 9.59 Å². The Morgan fingerprint density at radius 1 is 0.776 bits per heavy atom. The molecule has 1 aromatic heterocycles. The van der Waals surface area contributed by atoms with Crippen LogP contribution in [0.15, 0.2) is 66.9 Å². The first-order valence-corrected chi connectivity index (χ1v) is 17.1. The molecule has 10 nitrogen and oxygen atoms in total. The predicted molar refractivity (Wildman–Crippen MR) is 194 cm³/mol. The number of amides is 2. The quantitative estimate of drug-likeness (QED) is 0.105. The third-order valence-corrected chi connectivity index (χ3v) is 9.68. The van der Waals surface area contributed by atoms with Crippen LogP contribution in [0.1, 0.15) is 36.8 Å². The van der Waals surface area contributed by atoms with Gasteiger partial charge in [0.25, 0.3) is 0 Å². The maximum Gasteiger partial charge on any atom is 0.220 e. The largest absolute Gasteiger partial charge is 0.496 e. The second-order valence-corrected chi connectivity index (χ2v) is 13.0. The standard InChI is InChI=1S/C37H40Cl2N6O4/c1-48-31-17-22(9-10-23(31)18-40-20-25-11-13-32(46)43-25)36-35(39)28(15-16-42-36)27-6-4-7-29(34(27)38)45-30-8-3-5-24(37(30)49-2)19-41-21-26-12-14-33(47)44-26/h3-10,15-17,25-26,40-41,45H,11-14,18-21H2,1-2H3,(H,43,46)(H,44,47)/t25-,26+/m1/s1. The molecule has 4 aromatic rings. The molecular formula is C37H40Cl2N6O4. The number of halogens is 2. The summed E-state index contributed by atoms with van der Waals surface area (Å²) in [6.45, 7) is 2.55. The van der Waals surface area contributed by atoms with Crippen molar-refractivity contribution >= 4 is 46.4 Å². The van der Waals surface area contributed by atoms with E-state index in [1.54, 1.807) is 20.4 Å². The van der Waals surface area contributed by atoms with Crippen molar-refractivity contribution in [2.24, 2.45) is 0 Å². The number of nitrogens with one attached hydrogen (secondary N) is 5. The number of benzene rings is 3. The Kier molecular flexibility index (Phi) is 11.2. The van der Waals surface area contributed by atoms with Crippen LogP contribution in [0.5, 0.6) is 11.5 Å². The first kappa shape index (κ1) is 34.5. The minimum atomic E-state index is 0.103. The third-order valence-electron chi connectivity index (χ3n) is 8.89. The molecule has 2 aliphatic rings. The first-order valence-electron chi connectivity index (χ1n) is 16.4. The molecule has 256 valence electrons. The van der Waals surface area contributed by atoms with Crippen LogP contribution >= 0.6 is 23.2 Å². The highest BCUT2D eigenvalue weighted by atomic mass is 35.5. The van der Waals surface area contributed by atoms with Gasteiger partial charge in [-0.25, -0.2) is 0 Å². The fraction of sp³-hybridized carbons (Fsp3) is 0.324. The molecule has 3 aromatic carbocycles. The molecule has 2 amide bonds. The molecule has 0 unspecified atom stereocenters. The van der Waals surface area contributed by atoms with Crippen LogP contribution in [0.2, 0.25) is 10.0 Å². The Hall–Kier alpha value is -4.35. The Morgan fingerprint density at radius 2 is 1.43 bits per heavy atom. The number of nitrogens with zero attached hydrogens (tertiary/aromatic N) is 1. The van der Waals surface area contributed by atoms with Gasteiger partial charge in [0.1, 0.15) is 11.5 Å². The Balaban J connectivity index is 1.19. The van der Waals surface area contributed by atoms with E-state index in [-0.39, 0.29) is 23.9 Å². The van der Waals surface area contributed by atoms with Gasteiger partial charge in [0.05, 0.1) is 41.3 Å². The summed E-state index contributed by atoms with van der Waals surface area (Å²) >= 11 is 14.1. The SMILES string of the molecule is COc1cc(-c2nccc(-c3cccc(Nc4cccc(CNC[C@@H]5CCC(=O)N5)c4OC)c3Cl)c2Cl)ccc1CNC[C@H]1CCC(=O)N1. The van der Waals surface area contributed by atoms with Gasteiger partial charge in [-0.1, -0.05) is 59.6 Å². The van der Waals surface area contributed by atoms with E-state index < -0.39 is 0 Å². The summed E-state index contributed by atoms with van der Waals surface area (Å²) in [5.41, 5.74) is 6.35. The molecular weight excluding hydrogens is 663 g/mol. The normalized spacial score (nSPS) is 17.1. The minimum Gasteiger partial charge on any atom is -0.496 e. The van der Waals surface area contributed by atoms with Crippen molar-refractivity contribution in [1.29, 1.82) is 0 Å². The summed E-state index contributed by atoms with van der Waals surface area (Å²) in [6, 6.07) is 19.7. The molecule has 0 radical (unpaired) electrons. The summed E-state index contributed by atoms with van der Waals surface area (Å²) < 4.78 is 11.6. The van der Waals surface area contributed by atoms with Gasteiger partial charge in [0.2, 0.25) is 11.8 Å². The number of hydrogen-bond acceptors (Lipinski definition) is 8. The molecule has 3 heterocycles. The van der Waals surface area contributed by atoms with Gasteiger partial charge in [-0.15, -0.1) is 0 Å². The predicted octanol–water partition coefficient (Wildman–Crippen LogP) is 6.22. The molecule has 0 bridgehead atoms. The zero-order valence-corrected chi connectivity index (χ0v) is 29.0. The zero-order valence-electron chi connectivity index (χ0n) is 27.5. The van der Waals surface area contributed by atoms with E-state index in [1.165, 1.54) is 0 Å². The highest BCUT2D eigenvalue weighted by Gasteiger charge is 2.22. The van der Waals surface area contributed by atoms with Crippen molar-refractivity contribution in [2.45, 2.75) is 50.9 Å². The number of pyridine rings is 1. The summed E-state index contributed by atoms with van der Waals surface area (Å²) in [5, 5.41) is 17.3. The minimum absolute atomic E-state index is 0.103. The van der Waals surface area contributed by atoms with E-state index in [1.807, 2.05) is 60.7 Å². The number of hydrogen-bond donors (Lipinski definition) is 5. The molecule has 0 saturated carbocycles. The topological polar surface area (TPSA) is 126 Å². The van der Waals surface area contributed by atoms with E-state index in [2.05, 4.69) is 31.6 Å². The summed E-state index contributed by atoms with van der Waals surface area (Å²) in [5.74, 6) is 1.62. The Labute approximate surface area is 296 Å². The molecule has 12 heteroatoms. The lowest BCUT2D eigenvalue weighted by atomic mass is 10.0. The molecule has 2 aliphatic heterocycles. The fourth-order valence-corrected chi connectivity index (χ4v) is 6.96. The highest BCUT2D eigenvalue weighted by molar-refractivity contribution is 6.39. The molecule has 2 atom stereocenters. The average molecular weight is 704 g/mol. The molecule has 2 saturated heterocycles. The van der Waals surface area contributed by atoms with E-state index in [0.29, 0.717) is 71.9 Å². The number of aromatic nitrogens is 1. The Morgan fingerprint density at radius 3 is 2.08 bits per heavy atom. The van der Waals surface area contributed by atoms with Gasteiger partial charge in [-0.3, -0.25) is 14.6 Å². The monoisotopic (exact) mass is 702 g/mol. The lowest BCUT2D eigenvalue weighted by Gasteiger charge is -2.18. The van der Waals surface area contributed by atoms with Gasteiger partial charge >= 0.3 is 0 Å². The van der Waals surface area contributed by atoms with Gasteiger partial charge in [-0.05, 0) is 37.1 Å². The molecule has 0 aliphatic carbocycles. The van der Waals surface area contributed by atoms with Crippen LogP contribution in [0.4, 0.5) is 11.4 Å². The number of rotatable bonds is 14. The maximum atomic E-state index is 11.5. The van der Waals surface area contributed by atoms with Crippen LogP contribution in [0, 0.1) is 0 Å². The number of methoxy groups -OCH3 is 2. The summed E-state index contributed by atoms with van der Waals surface area (Å²) in [7, 11) is 3.29. The molecule has 6 rings (SSSR count). The maximum absolute atomic E-state index is 11.5. The van der Waals surface area contributed by atoms with Crippen molar-refractivity contribution in [3.63, 3.8) is 0 Å². The zero-order chi connectivity index (χ0) is 34.3. The lowest BCUT2D eigenvalue weighted by Crippen LogP contribution is -2.35. The van der Waals surface area contributed by atoms with Crippen molar-refractivity contribution in [1.82, 2.24) is 26.3 Å². The summed E-state index contributed by atoms with van der Waals surface area (Å²) in [6.07, 6.45) is 4.56. The van der Waals surface area contributed by atoms with Crippen LogP contribution in [-0.2, 0) is 22.7 Å². The average Bonchev–Trinajstić information content (AvgIpc) is 3.73. The molecule has 49 heavy (non-hydrogen) atoms. The van der Waals surface area contributed by atoms with Gasteiger partial charge in [0, 0.05) is 85.1 Å². The molecule has 0 spiro atoms. The number of anilines is 2. The fourth-order valence-electron chi connectivity index (χ4n) is 6.36. The van der Waals surface area contributed by atoms with E-state index in [0.717, 1.165) is 46.3 Å². The molecule has 2 fully saturated rings. The third kappa shape index (κ3) is 8.11. The number of carbonyl (C=O) groups excluding carboxylic acids is 2. The smallest absolute Gasteiger partial charge is 0.220 e. The van der Waals surface area contributed by atoms with Crippen molar-refractivity contribution < 1.29 is 19.1 Å². The van der Waals surface area contributed by atoms with Crippen molar-refractivity contribution in [2.75, 3.05) is 32.6 Å². The number of para-hydroxylation sites is 1. The van der Waals surface area contributed by atoms with Crippen LogP contribution in [0.25, 0.3) is 22.4 Å². The van der Waals surface area contributed by atoms with Gasteiger partial charge < -0.3 is 36.1 Å². The van der Waals surface area contributed by atoms with Crippen molar-refractivity contribution in [3.05, 3.63) is 88.0 Å². The second kappa shape index (κ2) is 15.9. The van der Waals surface area contributed by atoms with Gasteiger partial charge in [-0.2, -0.15) is 0 Å². The lowest BCUT2D eigenvalue weighted by molar-refractivity contribution is -0.120. The van der Waals surface area contributed by atoms with Crippen molar-refractivity contribution in [3.8, 4) is 33.9 Å². The second-order valence-electron chi connectivity index (χ2n) is 12.2. The number of ether oxygens (including phenoxy) is 2. The van der Waals surface area contributed by atoms with E-state index in [4.69, 9.17) is 32.7 Å². The first-order chi connectivity index (χ1) is 23.8. The summed E-state index contributed by atoms with van der Waals surface area (Å²) in [4.78, 5) is 27.7. The Bertz CT molecular complexity index is 1840. The molecule has 5 N–H and O–H groups in total. The van der Waals surface area contributed by atoms with Gasteiger partial charge in [0.15, 0.2) is 0 Å².